The number of carbonyl (C=O) groups is 5. The summed E-state index contributed by atoms with van der Waals surface area (Å²) in [6.45, 7) is 0. The highest BCUT2D eigenvalue weighted by Crippen LogP contribution is 2.40. The van der Waals surface area contributed by atoms with Crippen molar-refractivity contribution in [2.24, 2.45) is 5.92 Å². The first-order chi connectivity index (χ1) is 12.0. The summed E-state index contributed by atoms with van der Waals surface area (Å²) in [5.74, 6) is -3.66. The number of fused-ring (bicyclic) bond motifs is 2. The summed E-state index contributed by atoms with van der Waals surface area (Å²) in [5, 5.41) is 8.48. The first-order valence-electron chi connectivity index (χ1n) is 7.23. The third-order valence-electron chi connectivity index (χ3n) is 3.99. The normalized spacial score (nSPS) is 22.9. The molecule has 0 spiro atoms. The van der Waals surface area contributed by atoms with Gasteiger partial charge in [-0.1, -0.05) is 18.2 Å². The molecule has 2 saturated heterocycles. The van der Waals surface area contributed by atoms with Gasteiger partial charge in [0.05, 0.1) is 5.57 Å². The molecule has 10 nitrogen and oxygen atoms in total. The largest absolute Gasteiger partial charge is 0.465 e. The van der Waals surface area contributed by atoms with Crippen molar-refractivity contribution in [3.05, 3.63) is 35.4 Å². The molecule has 7 amide bonds. The molecule has 4 N–H and O–H groups in total. The van der Waals surface area contributed by atoms with Gasteiger partial charge in [-0.15, -0.1) is 0 Å². The van der Waals surface area contributed by atoms with Gasteiger partial charge in [-0.25, -0.2) is 9.59 Å². The molecule has 25 heavy (non-hydrogen) atoms. The van der Waals surface area contributed by atoms with Gasteiger partial charge >= 0.3 is 12.1 Å². The summed E-state index contributed by atoms with van der Waals surface area (Å²) in [5.41, 5.74) is 0.361. The molecular weight excluding hydrogens is 332 g/mol. The van der Waals surface area contributed by atoms with Crippen molar-refractivity contribution in [1.29, 1.82) is 0 Å². The van der Waals surface area contributed by atoms with Crippen LogP contribution >= 0.6 is 0 Å². The fourth-order valence-electron chi connectivity index (χ4n) is 3.02. The number of nitrogens with one attached hydrogen (secondary N) is 4. The number of para-hydroxylation sites is 1. The van der Waals surface area contributed by atoms with Crippen LogP contribution in [0, 0.1) is 5.92 Å². The molecule has 1 aromatic carbocycles. The lowest BCUT2D eigenvalue weighted by Crippen LogP contribution is -2.60. The first kappa shape index (κ1) is 14.9. The number of hydrogen-bond donors (Lipinski definition) is 4. The molecule has 126 valence electrons. The Kier molecular flexibility index (Phi) is 3.07. The number of benzene rings is 1. The van der Waals surface area contributed by atoms with Crippen LogP contribution in [-0.4, -0.2) is 36.0 Å². The second-order valence-corrected chi connectivity index (χ2v) is 5.49. The Bertz CT molecular complexity index is 885. The van der Waals surface area contributed by atoms with Crippen molar-refractivity contribution >= 4 is 35.4 Å². The predicted octanol–water partition coefficient (Wildman–Crippen LogP) is -1.02. The van der Waals surface area contributed by atoms with Gasteiger partial charge in [0, 0.05) is 5.56 Å². The number of barbiturate groups is 1. The Balaban J connectivity index is 1.94. The van der Waals surface area contributed by atoms with Crippen LogP contribution in [-0.2, 0) is 14.4 Å². The molecule has 1 aromatic rings. The minimum Gasteiger partial charge on any atom is -0.465 e. The molecule has 2 fully saturated rings. The zero-order valence-electron chi connectivity index (χ0n) is 12.4. The molecule has 1 atom stereocenters. The van der Waals surface area contributed by atoms with Gasteiger partial charge < -0.3 is 4.74 Å². The molecule has 0 saturated carbocycles. The second-order valence-electron chi connectivity index (χ2n) is 5.49. The van der Waals surface area contributed by atoms with E-state index in [9.17, 15) is 24.0 Å². The molecule has 0 radical (unpaired) electrons. The van der Waals surface area contributed by atoms with Gasteiger partial charge in [0.25, 0.3) is 5.91 Å². The lowest BCUT2D eigenvalue weighted by atomic mass is 9.83. The zero-order valence-corrected chi connectivity index (χ0v) is 12.4. The Morgan fingerprint density at radius 2 is 1.48 bits per heavy atom. The van der Waals surface area contributed by atoms with E-state index in [-0.39, 0.29) is 11.1 Å². The van der Waals surface area contributed by atoms with Crippen LogP contribution in [0.1, 0.15) is 5.56 Å². The van der Waals surface area contributed by atoms with Crippen LogP contribution in [0.2, 0.25) is 0 Å². The maximum atomic E-state index is 12.3. The van der Waals surface area contributed by atoms with E-state index in [0.29, 0.717) is 11.3 Å². The summed E-state index contributed by atoms with van der Waals surface area (Å²) in [7, 11) is 0. The highest BCUT2D eigenvalue weighted by atomic mass is 16.5. The van der Waals surface area contributed by atoms with Crippen molar-refractivity contribution in [3.8, 4) is 5.75 Å². The van der Waals surface area contributed by atoms with Crippen molar-refractivity contribution in [2.45, 2.75) is 6.23 Å². The molecule has 3 aliphatic rings. The minimum absolute atomic E-state index is 0.0667. The number of amides is 7. The highest BCUT2D eigenvalue weighted by molar-refractivity contribution is 6.25. The summed E-state index contributed by atoms with van der Waals surface area (Å²) in [6.07, 6.45) is -1.15. The quantitative estimate of drug-likeness (QED) is 0.481. The van der Waals surface area contributed by atoms with Crippen LogP contribution in [0.3, 0.4) is 0 Å². The lowest BCUT2D eigenvalue weighted by molar-refractivity contribution is -0.133. The summed E-state index contributed by atoms with van der Waals surface area (Å²) in [4.78, 5) is 59.8. The SMILES string of the molecule is O=C1NC(=O)C(C2=C3C(=O)NC(=O)NC3Oc3ccccc32)C(=O)N1. The standard InChI is InChI=1S/C15H10N4O6/c20-10-8(11(21)17-14(23)16-10)7-5-3-1-2-4-6(5)25-13-9(7)12(22)18-15(24)19-13/h1-4,8,13H,(H2,18,19,22,24)(H2,16,17,20,21,23). The van der Waals surface area contributed by atoms with E-state index < -0.39 is 41.9 Å². The van der Waals surface area contributed by atoms with E-state index in [4.69, 9.17) is 4.74 Å². The molecule has 3 aliphatic heterocycles. The van der Waals surface area contributed by atoms with Crippen LogP contribution in [0.25, 0.3) is 5.57 Å². The van der Waals surface area contributed by atoms with Gasteiger partial charge in [-0.2, -0.15) is 0 Å². The van der Waals surface area contributed by atoms with Gasteiger partial charge in [0.15, 0.2) is 0 Å². The fraction of sp³-hybridized carbons (Fsp3) is 0.133. The lowest BCUT2D eigenvalue weighted by Gasteiger charge is -2.36. The zero-order chi connectivity index (χ0) is 17.7. The molecule has 4 rings (SSSR count). The number of imide groups is 3. The van der Waals surface area contributed by atoms with Gasteiger partial charge in [0.2, 0.25) is 18.0 Å². The number of carbonyl (C=O) groups excluding carboxylic acids is 5. The Hall–Kier alpha value is -3.69. The topological polar surface area (TPSA) is 143 Å². The monoisotopic (exact) mass is 342 g/mol. The number of ether oxygens (including phenoxy) is 1. The molecular formula is C15H10N4O6. The first-order valence-corrected chi connectivity index (χ1v) is 7.23. The number of rotatable bonds is 1. The van der Waals surface area contributed by atoms with E-state index in [0.717, 1.165) is 0 Å². The van der Waals surface area contributed by atoms with Gasteiger partial charge in [-0.3, -0.25) is 35.7 Å². The molecule has 1 unspecified atom stereocenters. The highest BCUT2D eigenvalue weighted by Gasteiger charge is 2.46. The van der Waals surface area contributed by atoms with E-state index in [1.165, 1.54) is 0 Å². The molecule has 3 heterocycles. The second kappa shape index (κ2) is 5.16. The molecule has 0 bridgehead atoms. The number of hydrogen-bond acceptors (Lipinski definition) is 6. The van der Waals surface area contributed by atoms with Gasteiger partial charge in [0.1, 0.15) is 11.7 Å². The number of urea groups is 2. The third-order valence-corrected chi connectivity index (χ3v) is 3.99. The Morgan fingerprint density at radius 1 is 0.800 bits per heavy atom. The molecule has 0 aliphatic carbocycles. The van der Waals surface area contributed by atoms with Crippen LogP contribution in [0.4, 0.5) is 9.59 Å². The summed E-state index contributed by atoms with van der Waals surface area (Å²) < 4.78 is 5.61. The fourth-order valence-corrected chi connectivity index (χ4v) is 3.02. The summed E-state index contributed by atoms with van der Waals surface area (Å²) in [6, 6.07) is 4.77. The predicted molar refractivity (Wildman–Crippen MR) is 79.6 cm³/mol. The van der Waals surface area contributed by atoms with Crippen molar-refractivity contribution in [2.75, 3.05) is 0 Å². The molecule has 10 heteroatoms. The van der Waals surface area contributed by atoms with Crippen LogP contribution in [0.15, 0.2) is 29.8 Å². The minimum atomic E-state index is -1.44. The van der Waals surface area contributed by atoms with E-state index in [1.54, 1.807) is 24.3 Å². The maximum absolute atomic E-state index is 12.3. The van der Waals surface area contributed by atoms with Crippen molar-refractivity contribution in [3.63, 3.8) is 0 Å². The van der Waals surface area contributed by atoms with Crippen molar-refractivity contribution in [1.82, 2.24) is 21.3 Å². The van der Waals surface area contributed by atoms with Crippen molar-refractivity contribution < 1.29 is 28.7 Å². The summed E-state index contributed by atoms with van der Waals surface area (Å²) >= 11 is 0. The van der Waals surface area contributed by atoms with E-state index in [2.05, 4.69) is 10.6 Å². The van der Waals surface area contributed by atoms with Crippen LogP contribution < -0.4 is 26.0 Å². The smallest absolute Gasteiger partial charge is 0.328 e. The van der Waals surface area contributed by atoms with Gasteiger partial charge in [-0.05, 0) is 11.6 Å². The maximum Gasteiger partial charge on any atom is 0.328 e. The Morgan fingerprint density at radius 3 is 2.20 bits per heavy atom. The average molecular weight is 342 g/mol. The van der Waals surface area contributed by atoms with Crippen LogP contribution in [0.5, 0.6) is 5.75 Å². The molecule has 0 aromatic heterocycles. The average Bonchev–Trinajstić information content (AvgIpc) is 2.52. The third kappa shape index (κ3) is 2.23. The Labute approximate surface area is 139 Å². The van der Waals surface area contributed by atoms with E-state index in [1.807, 2.05) is 10.6 Å². The van der Waals surface area contributed by atoms with E-state index >= 15 is 0 Å².